The van der Waals surface area contributed by atoms with Crippen molar-refractivity contribution in [3.05, 3.63) is 60.8 Å². The van der Waals surface area contributed by atoms with Gasteiger partial charge in [-0.05, 0) is 30.0 Å². The summed E-state index contributed by atoms with van der Waals surface area (Å²) in [5, 5.41) is 15.5. The molecule has 1 amide bonds. The fourth-order valence-corrected chi connectivity index (χ4v) is 3.12. The minimum absolute atomic E-state index is 0.174. The van der Waals surface area contributed by atoms with E-state index in [0.29, 0.717) is 6.54 Å². The maximum Gasteiger partial charge on any atom is 0.420 e. The highest BCUT2D eigenvalue weighted by Crippen LogP contribution is 2.20. The van der Waals surface area contributed by atoms with E-state index in [1.165, 1.54) is 29.5 Å². The second-order valence-corrected chi connectivity index (χ2v) is 6.17. The molecular formula is C15H13N3O5S. The van der Waals surface area contributed by atoms with Crippen LogP contribution in [0, 0.1) is 17.0 Å². The first-order chi connectivity index (χ1) is 11.5. The summed E-state index contributed by atoms with van der Waals surface area (Å²) in [6, 6.07) is 5.77. The molecule has 0 unspecified atom stereocenters. The molecule has 0 aliphatic rings. The van der Waals surface area contributed by atoms with Crippen molar-refractivity contribution in [1.82, 2.24) is 9.88 Å². The Labute approximate surface area is 139 Å². The Morgan fingerprint density at radius 3 is 2.88 bits per heavy atom. The summed E-state index contributed by atoms with van der Waals surface area (Å²) in [6.45, 7) is 2.05. The molecule has 0 spiro atoms. The second kappa shape index (κ2) is 6.28. The average Bonchev–Trinajstić information content (AvgIpc) is 3.08. The molecule has 2 heterocycles. The largest absolute Gasteiger partial charge is 0.420 e. The summed E-state index contributed by atoms with van der Waals surface area (Å²) in [5.74, 6) is -1.10. The van der Waals surface area contributed by atoms with Gasteiger partial charge in [0.25, 0.3) is 5.69 Å². The molecule has 1 N–H and O–H groups in total. The first kappa shape index (κ1) is 15.9. The molecule has 0 saturated carbocycles. The van der Waals surface area contributed by atoms with Crippen molar-refractivity contribution in [2.45, 2.75) is 20.0 Å². The van der Waals surface area contributed by atoms with Gasteiger partial charge in [0.05, 0.1) is 17.0 Å². The zero-order valence-corrected chi connectivity index (χ0v) is 13.5. The SMILES string of the molecule is Cc1ccsc1CNC(=O)Cn1c(=O)oc2ccc([N+](=O)[O-])cc21. The van der Waals surface area contributed by atoms with Crippen LogP contribution in [0.1, 0.15) is 10.4 Å². The van der Waals surface area contributed by atoms with Crippen molar-refractivity contribution in [1.29, 1.82) is 0 Å². The van der Waals surface area contributed by atoms with Crippen molar-refractivity contribution in [3.8, 4) is 0 Å². The normalized spacial score (nSPS) is 10.9. The number of hydrogen-bond donors (Lipinski definition) is 1. The van der Waals surface area contributed by atoms with Crippen LogP contribution >= 0.6 is 11.3 Å². The molecule has 0 atom stereocenters. The number of aryl methyl sites for hydroxylation is 1. The van der Waals surface area contributed by atoms with Gasteiger partial charge in [0.2, 0.25) is 5.91 Å². The van der Waals surface area contributed by atoms with E-state index in [2.05, 4.69) is 5.32 Å². The number of carbonyl (C=O) groups is 1. The Bertz CT molecular complexity index is 985. The number of nitrogens with zero attached hydrogens (tertiary/aromatic N) is 2. The minimum Gasteiger partial charge on any atom is -0.408 e. The van der Waals surface area contributed by atoms with E-state index in [4.69, 9.17) is 4.42 Å². The van der Waals surface area contributed by atoms with Crippen LogP contribution in [0.3, 0.4) is 0 Å². The Kier molecular flexibility index (Phi) is 4.17. The lowest BCUT2D eigenvalue weighted by Gasteiger charge is -2.05. The first-order valence-electron chi connectivity index (χ1n) is 7.03. The lowest BCUT2D eigenvalue weighted by molar-refractivity contribution is -0.384. The van der Waals surface area contributed by atoms with E-state index >= 15 is 0 Å². The molecule has 0 bridgehead atoms. The number of nitro groups is 1. The van der Waals surface area contributed by atoms with Crippen LogP contribution in [-0.2, 0) is 17.9 Å². The van der Waals surface area contributed by atoms with Gasteiger partial charge >= 0.3 is 5.76 Å². The van der Waals surface area contributed by atoms with Crippen LogP contribution in [0.25, 0.3) is 11.1 Å². The quantitative estimate of drug-likeness (QED) is 0.562. The molecule has 0 aliphatic carbocycles. The number of oxazole rings is 1. The standard InChI is InChI=1S/C15H13N3O5S/c1-9-4-5-24-13(9)7-16-14(19)8-17-11-6-10(18(21)22)2-3-12(11)23-15(17)20/h2-6H,7-8H2,1H3,(H,16,19). The number of amides is 1. The Hall–Kier alpha value is -2.94. The molecule has 2 aromatic heterocycles. The molecule has 0 saturated heterocycles. The number of fused-ring (bicyclic) bond motifs is 1. The van der Waals surface area contributed by atoms with Gasteiger partial charge in [-0.3, -0.25) is 19.5 Å². The number of nitrogens with one attached hydrogen (secondary N) is 1. The van der Waals surface area contributed by atoms with E-state index < -0.39 is 10.7 Å². The van der Waals surface area contributed by atoms with Crippen molar-refractivity contribution in [2.75, 3.05) is 0 Å². The van der Waals surface area contributed by atoms with E-state index in [0.717, 1.165) is 15.0 Å². The smallest absolute Gasteiger partial charge is 0.408 e. The summed E-state index contributed by atoms with van der Waals surface area (Å²) in [4.78, 5) is 35.3. The highest BCUT2D eigenvalue weighted by atomic mass is 32.1. The van der Waals surface area contributed by atoms with E-state index in [9.17, 15) is 19.7 Å². The molecule has 124 valence electrons. The van der Waals surface area contributed by atoms with Crippen LogP contribution in [0.5, 0.6) is 0 Å². The zero-order chi connectivity index (χ0) is 17.3. The predicted octanol–water partition coefficient (Wildman–Crippen LogP) is 2.19. The highest BCUT2D eigenvalue weighted by Gasteiger charge is 2.16. The van der Waals surface area contributed by atoms with Crippen LogP contribution in [0.15, 0.2) is 38.9 Å². The predicted molar refractivity (Wildman–Crippen MR) is 88.0 cm³/mol. The summed E-state index contributed by atoms with van der Waals surface area (Å²) in [5.41, 5.74) is 1.33. The lowest BCUT2D eigenvalue weighted by atomic mass is 10.3. The maximum atomic E-state index is 12.1. The van der Waals surface area contributed by atoms with Crippen LogP contribution in [0.2, 0.25) is 0 Å². The third-order valence-corrected chi connectivity index (χ3v) is 4.60. The maximum absolute atomic E-state index is 12.1. The first-order valence-corrected chi connectivity index (χ1v) is 7.91. The summed E-state index contributed by atoms with van der Waals surface area (Å²) in [6.07, 6.45) is 0. The minimum atomic E-state index is -0.729. The molecule has 3 rings (SSSR count). The summed E-state index contributed by atoms with van der Waals surface area (Å²) in [7, 11) is 0. The van der Waals surface area contributed by atoms with Crippen LogP contribution in [0.4, 0.5) is 5.69 Å². The van der Waals surface area contributed by atoms with E-state index in [1.54, 1.807) is 0 Å². The van der Waals surface area contributed by atoms with Gasteiger partial charge in [-0.1, -0.05) is 0 Å². The Balaban J connectivity index is 1.81. The van der Waals surface area contributed by atoms with Crippen molar-refractivity contribution < 1.29 is 14.1 Å². The molecule has 9 heteroatoms. The fourth-order valence-electron chi connectivity index (χ4n) is 2.28. The summed E-state index contributed by atoms with van der Waals surface area (Å²) < 4.78 is 6.09. The van der Waals surface area contributed by atoms with Crippen molar-refractivity contribution >= 4 is 34.0 Å². The number of carbonyl (C=O) groups excluding carboxylic acids is 1. The molecule has 0 radical (unpaired) electrons. The van der Waals surface area contributed by atoms with E-state index in [-0.39, 0.29) is 29.2 Å². The van der Waals surface area contributed by atoms with Gasteiger partial charge in [-0.2, -0.15) is 0 Å². The monoisotopic (exact) mass is 347 g/mol. The third kappa shape index (κ3) is 3.06. The third-order valence-electron chi connectivity index (χ3n) is 3.58. The number of thiophene rings is 1. The average molecular weight is 347 g/mol. The molecular weight excluding hydrogens is 334 g/mol. The van der Waals surface area contributed by atoms with Gasteiger partial charge in [-0.25, -0.2) is 4.79 Å². The van der Waals surface area contributed by atoms with Gasteiger partial charge in [0.1, 0.15) is 6.54 Å². The number of aromatic nitrogens is 1. The number of rotatable bonds is 5. The Morgan fingerprint density at radius 2 is 2.21 bits per heavy atom. The van der Waals surface area contributed by atoms with E-state index in [1.807, 2.05) is 18.4 Å². The van der Waals surface area contributed by atoms with Gasteiger partial charge in [0.15, 0.2) is 5.58 Å². The lowest BCUT2D eigenvalue weighted by Crippen LogP contribution is -2.30. The molecule has 1 aromatic carbocycles. The molecule has 3 aromatic rings. The number of nitro benzene ring substituents is 1. The topological polar surface area (TPSA) is 107 Å². The van der Waals surface area contributed by atoms with Crippen molar-refractivity contribution in [3.63, 3.8) is 0 Å². The molecule has 0 aliphatic heterocycles. The number of non-ortho nitro benzene ring substituents is 1. The fraction of sp³-hybridized carbons (Fsp3) is 0.200. The zero-order valence-electron chi connectivity index (χ0n) is 12.6. The van der Waals surface area contributed by atoms with Gasteiger partial charge in [-0.15, -0.1) is 11.3 Å². The highest BCUT2D eigenvalue weighted by molar-refractivity contribution is 7.10. The van der Waals surface area contributed by atoms with Crippen LogP contribution < -0.4 is 11.1 Å². The second-order valence-electron chi connectivity index (χ2n) is 5.17. The molecule has 24 heavy (non-hydrogen) atoms. The van der Waals surface area contributed by atoms with Gasteiger partial charge in [0, 0.05) is 17.0 Å². The number of benzene rings is 1. The summed E-state index contributed by atoms with van der Waals surface area (Å²) >= 11 is 1.53. The number of hydrogen-bond acceptors (Lipinski definition) is 6. The van der Waals surface area contributed by atoms with Crippen LogP contribution in [-0.4, -0.2) is 15.4 Å². The van der Waals surface area contributed by atoms with Crippen molar-refractivity contribution in [2.24, 2.45) is 0 Å². The molecule has 0 fully saturated rings. The molecule has 8 nitrogen and oxygen atoms in total. The van der Waals surface area contributed by atoms with Gasteiger partial charge < -0.3 is 9.73 Å². The Morgan fingerprint density at radius 1 is 1.42 bits per heavy atom.